The number of imidazole rings is 1. The van der Waals surface area contributed by atoms with Crippen LogP contribution in [0.25, 0.3) is 0 Å². The molecule has 0 aliphatic carbocycles. The average Bonchev–Trinajstić information content (AvgIpc) is 2.88. The lowest BCUT2D eigenvalue weighted by Crippen LogP contribution is -2.21. The normalized spacial score (nSPS) is 29.3. The zero-order valence-electron chi connectivity index (χ0n) is 9.65. The molecule has 1 aromatic heterocycles. The maximum absolute atomic E-state index is 6.07. The molecule has 3 heterocycles. The van der Waals surface area contributed by atoms with E-state index in [9.17, 15) is 0 Å². The number of hydrogen-bond donors (Lipinski definition) is 2. The Morgan fingerprint density at radius 2 is 2.44 bits per heavy atom. The molecule has 1 saturated heterocycles. The van der Waals surface area contributed by atoms with Crippen LogP contribution < -0.4 is 11.1 Å². The van der Waals surface area contributed by atoms with Gasteiger partial charge in [0.1, 0.15) is 5.82 Å². The minimum absolute atomic E-state index is 0.157. The molecule has 1 aromatic rings. The molecule has 3 rings (SSSR count). The molecule has 88 valence electrons. The summed E-state index contributed by atoms with van der Waals surface area (Å²) in [4.78, 5) is 4.71. The maximum atomic E-state index is 6.07. The Morgan fingerprint density at radius 1 is 1.50 bits per heavy atom. The lowest BCUT2D eigenvalue weighted by molar-refractivity contribution is 0.451. The number of nitrogens with one attached hydrogen (secondary N) is 1. The molecular formula is C12H20N4. The van der Waals surface area contributed by atoms with E-state index in [-0.39, 0.29) is 6.04 Å². The van der Waals surface area contributed by atoms with Crippen LogP contribution in [0.2, 0.25) is 0 Å². The zero-order chi connectivity index (χ0) is 11.0. The van der Waals surface area contributed by atoms with Gasteiger partial charge in [0.15, 0.2) is 0 Å². The van der Waals surface area contributed by atoms with Crippen LogP contribution in [0, 0.1) is 5.92 Å². The molecule has 2 aliphatic heterocycles. The van der Waals surface area contributed by atoms with Crippen LogP contribution in [-0.2, 0) is 13.0 Å². The molecule has 0 radical (unpaired) electrons. The van der Waals surface area contributed by atoms with Gasteiger partial charge >= 0.3 is 0 Å². The Balaban J connectivity index is 1.75. The van der Waals surface area contributed by atoms with Crippen molar-refractivity contribution in [2.75, 3.05) is 13.1 Å². The Kier molecular flexibility index (Phi) is 2.69. The summed E-state index contributed by atoms with van der Waals surface area (Å²) in [6.45, 7) is 3.41. The quantitative estimate of drug-likeness (QED) is 0.776. The first-order valence-corrected chi connectivity index (χ1v) is 6.35. The van der Waals surface area contributed by atoms with Crippen molar-refractivity contribution < 1.29 is 0 Å². The second-order valence-electron chi connectivity index (χ2n) is 5.10. The molecule has 4 nitrogen and oxygen atoms in total. The summed E-state index contributed by atoms with van der Waals surface area (Å²) < 4.78 is 2.26. The second-order valence-corrected chi connectivity index (χ2v) is 5.10. The lowest BCUT2D eigenvalue weighted by Gasteiger charge is -2.19. The fourth-order valence-electron chi connectivity index (χ4n) is 2.85. The smallest absolute Gasteiger partial charge is 0.125 e. The van der Waals surface area contributed by atoms with E-state index in [0.717, 1.165) is 44.2 Å². The van der Waals surface area contributed by atoms with Crippen LogP contribution in [0.5, 0.6) is 0 Å². The van der Waals surface area contributed by atoms with Crippen molar-refractivity contribution in [3.05, 3.63) is 17.7 Å². The van der Waals surface area contributed by atoms with Gasteiger partial charge in [-0.15, -0.1) is 0 Å². The summed E-state index contributed by atoms with van der Waals surface area (Å²) in [6, 6.07) is 0.157. The summed E-state index contributed by atoms with van der Waals surface area (Å²) in [5.74, 6) is 1.88. The van der Waals surface area contributed by atoms with Gasteiger partial charge in [0.2, 0.25) is 0 Å². The number of nitrogens with zero attached hydrogens (tertiary/aromatic N) is 2. The zero-order valence-corrected chi connectivity index (χ0v) is 9.65. The van der Waals surface area contributed by atoms with Crippen molar-refractivity contribution in [2.24, 2.45) is 11.7 Å². The molecule has 1 fully saturated rings. The first kappa shape index (κ1) is 10.3. The molecular weight excluding hydrogens is 200 g/mol. The fourth-order valence-corrected chi connectivity index (χ4v) is 2.85. The number of rotatable bonds is 2. The number of aryl methyl sites for hydroxylation is 1. The van der Waals surface area contributed by atoms with Gasteiger partial charge in [-0.3, -0.25) is 0 Å². The van der Waals surface area contributed by atoms with Crippen molar-refractivity contribution >= 4 is 0 Å². The van der Waals surface area contributed by atoms with E-state index in [1.165, 1.54) is 18.5 Å². The number of nitrogens with two attached hydrogens (primary N) is 1. The molecule has 2 atom stereocenters. The Morgan fingerprint density at radius 3 is 3.19 bits per heavy atom. The highest BCUT2D eigenvalue weighted by Gasteiger charge is 2.22. The summed E-state index contributed by atoms with van der Waals surface area (Å²) in [5, 5.41) is 3.40. The van der Waals surface area contributed by atoms with E-state index < -0.39 is 0 Å². The first-order chi connectivity index (χ1) is 7.83. The minimum atomic E-state index is 0.157. The molecule has 0 amide bonds. The van der Waals surface area contributed by atoms with Crippen LogP contribution in [0.15, 0.2) is 6.20 Å². The third kappa shape index (κ3) is 1.87. The summed E-state index contributed by atoms with van der Waals surface area (Å²) in [7, 11) is 0. The number of aromatic nitrogens is 2. The first-order valence-electron chi connectivity index (χ1n) is 6.35. The molecule has 4 heteroatoms. The standard InChI is InChI=1S/C12H20N4/c13-11-2-1-5-16-8-10(15-12(11)16)6-9-3-4-14-7-9/h8-9,11,14H,1-7,13H2. The monoisotopic (exact) mass is 220 g/mol. The predicted molar refractivity (Wildman–Crippen MR) is 63.1 cm³/mol. The number of fused-ring (bicyclic) bond motifs is 1. The molecule has 0 aromatic carbocycles. The van der Waals surface area contributed by atoms with E-state index in [2.05, 4.69) is 16.1 Å². The van der Waals surface area contributed by atoms with Gasteiger partial charge < -0.3 is 15.6 Å². The molecule has 16 heavy (non-hydrogen) atoms. The predicted octanol–water partition coefficient (Wildman–Crippen LogP) is 0.829. The molecule has 0 spiro atoms. The van der Waals surface area contributed by atoms with Crippen molar-refractivity contribution in [1.29, 1.82) is 0 Å². The SMILES string of the molecule is NC1CCCn2cc(CC3CCNC3)nc21. The van der Waals surface area contributed by atoms with E-state index in [1.54, 1.807) is 0 Å². The topological polar surface area (TPSA) is 55.9 Å². The van der Waals surface area contributed by atoms with Gasteiger partial charge in [-0.25, -0.2) is 4.98 Å². The third-order valence-electron chi connectivity index (χ3n) is 3.76. The Hall–Kier alpha value is -0.870. The molecule has 0 bridgehead atoms. The summed E-state index contributed by atoms with van der Waals surface area (Å²) in [5.41, 5.74) is 7.31. The van der Waals surface area contributed by atoms with E-state index in [0.29, 0.717) is 0 Å². The van der Waals surface area contributed by atoms with Crippen LogP contribution in [0.4, 0.5) is 0 Å². The highest BCUT2D eigenvalue weighted by Crippen LogP contribution is 2.23. The highest BCUT2D eigenvalue weighted by molar-refractivity contribution is 5.10. The van der Waals surface area contributed by atoms with Crippen LogP contribution in [0.1, 0.15) is 36.8 Å². The molecule has 0 saturated carbocycles. The van der Waals surface area contributed by atoms with E-state index in [4.69, 9.17) is 10.7 Å². The van der Waals surface area contributed by atoms with Gasteiger partial charge in [-0.2, -0.15) is 0 Å². The summed E-state index contributed by atoms with van der Waals surface area (Å²) >= 11 is 0. The largest absolute Gasteiger partial charge is 0.333 e. The van der Waals surface area contributed by atoms with Gasteiger partial charge in [-0.05, 0) is 44.7 Å². The van der Waals surface area contributed by atoms with Crippen molar-refractivity contribution in [1.82, 2.24) is 14.9 Å². The lowest BCUT2D eigenvalue weighted by atomic mass is 10.0. The second kappa shape index (κ2) is 4.18. The van der Waals surface area contributed by atoms with Crippen LogP contribution in [0.3, 0.4) is 0 Å². The average molecular weight is 220 g/mol. The van der Waals surface area contributed by atoms with Crippen molar-refractivity contribution in [3.63, 3.8) is 0 Å². The van der Waals surface area contributed by atoms with Crippen molar-refractivity contribution in [3.8, 4) is 0 Å². The van der Waals surface area contributed by atoms with Gasteiger partial charge in [0.05, 0.1) is 11.7 Å². The Bertz CT molecular complexity index is 365. The van der Waals surface area contributed by atoms with Crippen LogP contribution in [-0.4, -0.2) is 22.6 Å². The Labute approximate surface area is 96.2 Å². The van der Waals surface area contributed by atoms with Crippen LogP contribution >= 0.6 is 0 Å². The fraction of sp³-hybridized carbons (Fsp3) is 0.750. The van der Waals surface area contributed by atoms with E-state index >= 15 is 0 Å². The molecule has 2 unspecified atom stereocenters. The third-order valence-corrected chi connectivity index (χ3v) is 3.76. The molecule has 3 N–H and O–H groups in total. The maximum Gasteiger partial charge on any atom is 0.125 e. The van der Waals surface area contributed by atoms with Gasteiger partial charge in [0.25, 0.3) is 0 Å². The van der Waals surface area contributed by atoms with Crippen molar-refractivity contribution in [2.45, 2.75) is 38.3 Å². The van der Waals surface area contributed by atoms with E-state index in [1.807, 2.05) is 0 Å². The molecule has 2 aliphatic rings. The minimum Gasteiger partial charge on any atom is -0.333 e. The van der Waals surface area contributed by atoms with Gasteiger partial charge in [-0.1, -0.05) is 0 Å². The summed E-state index contributed by atoms with van der Waals surface area (Å²) in [6.07, 6.45) is 6.89. The highest BCUT2D eigenvalue weighted by atomic mass is 15.1. The number of hydrogen-bond acceptors (Lipinski definition) is 3. The van der Waals surface area contributed by atoms with Gasteiger partial charge in [0, 0.05) is 12.7 Å².